The van der Waals surface area contributed by atoms with Crippen molar-refractivity contribution < 1.29 is 19.0 Å². The van der Waals surface area contributed by atoms with Crippen molar-refractivity contribution in [3.05, 3.63) is 16.7 Å². The number of nitrogens with one attached hydrogen (secondary N) is 1. The van der Waals surface area contributed by atoms with E-state index in [1.54, 1.807) is 0 Å². The third-order valence-electron chi connectivity index (χ3n) is 3.93. The van der Waals surface area contributed by atoms with E-state index in [9.17, 15) is 14.3 Å². The second-order valence-corrected chi connectivity index (χ2v) is 5.37. The Balaban J connectivity index is 2.07. The number of ether oxygens (including phenoxy) is 2. The van der Waals surface area contributed by atoms with Gasteiger partial charge in [-0.15, -0.1) is 0 Å². The van der Waals surface area contributed by atoms with Gasteiger partial charge < -0.3 is 26.0 Å². The van der Waals surface area contributed by atoms with Gasteiger partial charge in [-0.3, -0.25) is 14.3 Å². The molecule has 0 spiro atoms. The Morgan fingerprint density at radius 2 is 2.39 bits per heavy atom. The third-order valence-corrected chi connectivity index (χ3v) is 3.93. The monoisotopic (exact) mass is 328 g/mol. The first kappa shape index (κ1) is 15.8. The van der Waals surface area contributed by atoms with E-state index in [2.05, 4.69) is 15.0 Å². The Morgan fingerprint density at radius 3 is 3.04 bits per heavy atom. The maximum Gasteiger partial charge on any atom is 0.280 e. The SMILES string of the molecule is COC[C@@]1(CN)O[C@@H](n2cnc3c(=O)[nH]c(N)nc32)[C@H](F)[C@@H]1O. The number of aliphatic hydroxyl groups excluding tert-OH is 1. The standard InChI is InChI=1S/C12H17FN6O4/c1-22-3-12(2-14)7(20)5(13)10(23-12)19-4-16-6-8(19)17-11(15)18-9(6)21/h4-5,7,10,20H,2-3,14H2,1H3,(H3,15,17,18,21)/t5-,7+,10-,12-/m1/s1. The summed E-state index contributed by atoms with van der Waals surface area (Å²) < 4.78 is 26.4. The number of aromatic amines is 1. The first-order valence-electron chi connectivity index (χ1n) is 6.85. The third kappa shape index (κ3) is 2.28. The van der Waals surface area contributed by atoms with Gasteiger partial charge in [0, 0.05) is 13.7 Å². The minimum absolute atomic E-state index is 0.0125. The predicted octanol–water partition coefficient (Wildman–Crippen LogP) is -1.73. The maximum atomic E-state index is 14.6. The van der Waals surface area contributed by atoms with Gasteiger partial charge in [0.25, 0.3) is 5.56 Å². The van der Waals surface area contributed by atoms with Crippen LogP contribution in [0, 0.1) is 0 Å². The van der Waals surface area contributed by atoms with Gasteiger partial charge in [-0.1, -0.05) is 0 Å². The fourth-order valence-electron chi connectivity index (χ4n) is 2.75. The van der Waals surface area contributed by atoms with Crippen LogP contribution in [0.1, 0.15) is 6.23 Å². The highest BCUT2D eigenvalue weighted by molar-refractivity contribution is 5.70. The van der Waals surface area contributed by atoms with Gasteiger partial charge >= 0.3 is 0 Å². The molecule has 10 nitrogen and oxygen atoms in total. The minimum Gasteiger partial charge on any atom is -0.387 e. The molecule has 6 N–H and O–H groups in total. The summed E-state index contributed by atoms with van der Waals surface area (Å²) in [6.45, 7) is -0.244. The zero-order chi connectivity index (χ0) is 16.8. The molecule has 0 aromatic carbocycles. The fourth-order valence-corrected chi connectivity index (χ4v) is 2.75. The smallest absolute Gasteiger partial charge is 0.280 e. The molecule has 1 saturated heterocycles. The highest BCUT2D eigenvalue weighted by atomic mass is 19.1. The lowest BCUT2D eigenvalue weighted by atomic mass is 9.97. The lowest BCUT2D eigenvalue weighted by Gasteiger charge is -2.29. The van der Waals surface area contributed by atoms with Gasteiger partial charge in [0.2, 0.25) is 5.95 Å². The zero-order valence-electron chi connectivity index (χ0n) is 12.3. The highest BCUT2D eigenvalue weighted by Gasteiger charge is 2.55. The van der Waals surface area contributed by atoms with Crippen LogP contribution in [0.25, 0.3) is 11.2 Å². The quantitative estimate of drug-likeness (QED) is 0.516. The first-order valence-corrected chi connectivity index (χ1v) is 6.85. The maximum absolute atomic E-state index is 14.6. The first-order chi connectivity index (χ1) is 10.9. The van der Waals surface area contributed by atoms with Crippen LogP contribution in [-0.2, 0) is 9.47 Å². The van der Waals surface area contributed by atoms with E-state index >= 15 is 0 Å². The molecule has 0 radical (unpaired) electrons. The second kappa shape index (κ2) is 5.53. The molecule has 0 amide bonds. The summed E-state index contributed by atoms with van der Waals surface area (Å²) in [6.07, 6.45) is -3.37. The van der Waals surface area contributed by atoms with Crippen molar-refractivity contribution in [2.75, 3.05) is 26.0 Å². The van der Waals surface area contributed by atoms with Crippen LogP contribution in [-0.4, -0.2) is 62.8 Å². The average Bonchev–Trinajstić information content (AvgIpc) is 3.03. The minimum atomic E-state index is -1.81. The Labute approximate surface area is 129 Å². The fraction of sp³-hybridized carbons (Fsp3) is 0.583. The summed E-state index contributed by atoms with van der Waals surface area (Å²) in [5.74, 6) is -0.139. The van der Waals surface area contributed by atoms with E-state index in [1.165, 1.54) is 18.0 Å². The van der Waals surface area contributed by atoms with Gasteiger partial charge in [0.15, 0.2) is 23.6 Å². The van der Waals surface area contributed by atoms with Gasteiger partial charge in [0.1, 0.15) is 11.7 Å². The van der Waals surface area contributed by atoms with Crippen LogP contribution in [0.5, 0.6) is 0 Å². The number of anilines is 1. The van der Waals surface area contributed by atoms with Crippen molar-refractivity contribution in [1.29, 1.82) is 0 Å². The number of nitrogens with two attached hydrogens (primary N) is 2. The predicted molar refractivity (Wildman–Crippen MR) is 77.2 cm³/mol. The van der Waals surface area contributed by atoms with Gasteiger partial charge in [-0.2, -0.15) is 4.98 Å². The number of imidazole rings is 1. The highest BCUT2D eigenvalue weighted by Crippen LogP contribution is 2.39. The summed E-state index contributed by atoms with van der Waals surface area (Å²) in [4.78, 5) is 21.9. The lowest BCUT2D eigenvalue weighted by Crippen LogP contribution is -2.51. The summed E-state index contributed by atoms with van der Waals surface area (Å²) >= 11 is 0. The van der Waals surface area contributed by atoms with Crippen LogP contribution in [0.3, 0.4) is 0 Å². The van der Waals surface area contributed by atoms with E-state index in [0.29, 0.717) is 0 Å². The van der Waals surface area contributed by atoms with Crippen LogP contribution >= 0.6 is 0 Å². The topological polar surface area (TPSA) is 154 Å². The number of nitrogens with zero attached hydrogens (tertiary/aromatic N) is 3. The molecule has 1 aliphatic rings. The number of aliphatic hydroxyl groups is 1. The summed E-state index contributed by atoms with van der Waals surface area (Å²) in [7, 11) is 1.39. The number of rotatable bonds is 4. The number of methoxy groups -OCH3 is 1. The molecule has 1 aliphatic heterocycles. The van der Waals surface area contributed by atoms with Crippen molar-refractivity contribution in [2.24, 2.45) is 5.73 Å². The van der Waals surface area contributed by atoms with E-state index in [1.807, 2.05) is 0 Å². The van der Waals surface area contributed by atoms with Gasteiger partial charge in [-0.05, 0) is 0 Å². The number of H-pyrrole nitrogens is 1. The molecule has 0 unspecified atom stereocenters. The number of aromatic nitrogens is 4. The van der Waals surface area contributed by atoms with Crippen molar-refractivity contribution in [3.63, 3.8) is 0 Å². The van der Waals surface area contributed by atoms with E-state index < -0.39 is 29.7 Å². The summed E-state index contributed by atoms with van der Waals surface area (Å²) in [5, 5.41) is 10.2. The molecule has 0 saturated carbocycles. The van der Waals surface area contributed by atoms with Gasteiger partial charge in [0.05, 0.1) is 12.9 Å². The number of nitrogen functional groups attached to an aromatic ring is 1. The van der Waals surface area contributed by atoms with Crippen LogP contribution in [0.4, 0.5) is 10.3 Å². The largest absolute Gasteiger partial charge is 0.387 e. The Morgan fingerprint density at radius 1 is 1.65 bits per heavy atom. The molecule has 0 bridgehead atoms. The Hall–Kier alpha value is -2.08. The van der Waals surface area contributed by atoms with E-state index in [-0.39, 0.29) is 30.3 Å². The summed E-state index contributed by atoms with van der Waals surface area (Å²) in [5.41, 5.74) is 9.23. The van der Waals surface area contributed by atoms with Gasteiger partial charge in [-0.25, -0.2) is 9.37 Å². The molecular formula is C12H17FN6O4. The van der Waals surface area contributed by atoms with Crippen molar-refractivity contribution in [2.45, 2.75) is 24.1 Å². The van der Waals surface area contributed by atoms with Crippen molar-refractivity contribution in [1.82, 2.24) is 19.5 Å². The molecule has 11 heteroatoms. The van der Waals surface area contributed by atoms with Crippen molar-refractivity contribution in [3.8, 4) is 0 Å². The molecule has 126 valence electrons. The molecule has 4 atom stereocenters. The molecule has 23 heavy (non-hydrogen) atoms. The van der Waals surface area contributed by atoms with E-state index in [0.717, 1.165) is 0 Å². The molecular weight excluding hydrogens is 311 g/mol. The molecule has 2 aromatic rings. The molecule has 3 heterocycles. The molecule has 1 fully saturated rings. The Bertz CT molecular complexity index is 778. The Kier molecular flexibility index (Phi) is 3.80. The lowest BCUT2D eigenvalue weighted by molar-refractivity contribution is -0.127. The molecule has 0 aliphatic carbocycles. The number of alkyl halides is 1. The number of halogens is 1. The van der Waals surface area contributed by atoms with Crippen LogP contribution in [0.2, 0.25) is 0 Å². The molecule has 2 aromatic heterocycles. The average molecular weight is 328 g/mol. The zero-order valence-corrected chi connectivity index (χ0v) is 12.3. The number of hydrogen-bond donors (Lipinski definition) is 4. The van der Waals surface area contributed by atoms with Crippen LogP contribution < -0.4 is 17.0 Å². The normalized spacial score (nSPS) is 31.0. The van der Waals surface area contributed by atoms with Crippen molar-refractivity contribution >= 4 is 17.1 Å². The number of fused-ring (bicyclic) bond motifs is 1. The number of hydrogen-bond acceptors (Lipinski definition) is 8. The van der Waals surface area contributed by atoms with Crippen LogP contribution in [0.15, 0.2) is 11.1 Å². The second-order valence-electron chi connectivity index (χ2n) is 5.37. The molecule has 3 rings (SSSR count). The van der Waals surface area contributed by atoms with E-state index in [4.69, 9.17) is 20.9 Å². The summed E-state index contributed by atoms with van der Waals surface area (Å²) in [6, 6.07) is 0.